The molecule has 13 unspecified atom stereocenters. The number of amides is 12. The number of fused-ring (bicyclic) bond motifs is 1. The van der Waals surface area contributed by atoms with Crippen LogP contribution in [0.5, 0.6) is 0 Å². The summed E-state index contributed by atoms with van der Waals surface area (Å²) in [5, 5.41) is 53.9. The van der Waals surface area contributed by atoms with Crippen molar-refractivity contribution >= 4 is 115 Å². The first-order valence-corrected chi connectivity index (χ1v) is 44.8. The van der Waals surface area contributed by atoms with Crippen LogP contribution in [0.4, 0.5) is 22.7 Å². The van der Waals surface area contributed by atoms with Gasteiger partial charge >= 0.3 is 0 Å². The van der Waals surface area contributed by atoms with Crippen LogP contribution in [0.25, 0.3) is 10.8 Å². The minimum Gasteiger partial charge on any atom is -0.391 e. The molecular formula is C90H120N22O16S. The number of rotatable bonds is 48. The molecule has 38 nitrogen and oxygen atoms in total. The Labute approximate surface area is 749 Å². The molecule has 3 aromatic heterocycles. The minimum absolute atomic E-state index is 0.00693. The largest absolute Gasteiger partial charge is 0.391 e. The number of aromatic amines is 3. The standard InChI is InChI=1S/C90H120N22O16S/c1-12-54(7)77(105-75(114)28-19-37-95-80(115)58-29-31-59(32-30-58)109-110-60-33-35-64(36-34-60)111(10)11)88(123)104-72(45-63-48-93-51-99-63)90(125)112-40-20-26-73(112)85(120)102-69(42-57-21-15-14-16-22-57)81(116)101-70(43-61-46-91-49-97-61)82(117)100-68(41-52(3)4)83(118)106-76(53(5)6)87(122)107-78(55(8)13-2)89(124)103-71(44-62-47-92-50-98-62)84(119)108-79(56(9)113)86(121)96-39-38-94-67-25-17-24-66-65(67)23-18-27-74(66)129(126,127)128/h14-18,21-25,27,29-36,46-56,68-73,76-79,94,113H,12-13,19-20,26,28,37-45H2,1-11H3,(H,91,97)(H,92,98)(H,93,99)(H,95,115)(H,96,121)(H,100,117)(H,101,116)(H,102,120)(H,103,124)(H,104,123)(H,105,114)(H,106,118)(H,107,122)(H,108,119)(H,126,127,128). The van der Waals surface area contributed by atoms with E-state index in [-0.39, 0.29) is 99.7 Å². The van der Waals surface area contributed by atoms with E-state index in [4.69, 9.17) is 0 Å². The van der Waals surface area contributed by atoms with Crippen LogP contribution < -0.4 is 68.7 Å². The van der Waals surface area contributed by atoms with Crippen molar-refractivity contribution < 1.29 is 75.6 Å². The Hall–Kier alpha value is -13.3. The molecule has 1 aliphatic heterocycles. The first-order valence-electron chi connectivity index (χ1n) is 43.4. The van der Waals surface area contributed by atoms with Crippen LogP contribution in [0.15, 0.2) is 168 Å². The van der Waals surface area contributed by atoms with E-state index < -0.39 is 159 Å². The van der Waals surface area contributed by atoms with Crippen LogP contribution in [0.1, 0.15) is 140 Å². The molecule has 13 atom stereocenters. The molecule has 0 spiro atoms. The van der Waals surface area contributed by atoms with Crippen molar-refractivity contribution in [1.82, 2.24) is 93.3 Å². The summed E-state index contributed by atoms with van der Waals surface area (Å²) < 4.78 is 34.0. The van der Waals surface area contributed by atoms with E-state index in [1.165, 1.54) is 61.4 Å². The number of aliphatic hydroxyl groups is 1. The van der Waals surface area contributed by atoms with E-state index in [2.05, 4.69) is 104 Å². The monoisotopic (exact) mass is 1800 g/mol. The maximum Gasteiger partial charge on any atom is 0.295 e. The summed E-state index contributed by atoms with van der Waals surface area (Å²) in [6, 6.07) is 18.4. The second kappa shape index (κ2) is 48.0. The van der Waals surface area contributed by atoms with Gasteiger partial charge in [0.1, 0.15) is 65.3 Å². The smallest absolute Gasteiger partial charge is 0.295 e. The highest BCUT2D eigenvalue weighted by molar-refractivity contribution is 7.86. The first kappa shape index (κ1) is 99.5. The van der Waals surface area contributed by atoms with Gasteiger partial charge in [-0.1, -0.05) is 123 Å². The topological polar surface area (TPSA) is 541 Å². The number of aliphatic hydroxyl groups excluding tert-OH is 1. The molecule has 692 valence electrons. The number of anilines is 2. The summed E-state index contributed by atoms with van der Waals surface area (Å²) in [5.74, 6) is -10.7. The molecule has 0 radical (unpaired) electrons. The van der Waals surface area contributed by atoms with E-state index in [0.29, 0.717) is 69.9 Å². The predicted octanol–water partition coefficient (Wildman–Crippen LogP) is 4.98. The number of azo groups is 1. The van der Waals surface area contributed by atoms with Crippen molar-refractivity contribution in [3.63, 3.8) is 0 Å². The number of H-pyrrole nitrogens is 3. The predicted molar refractivity (Wildman–Crippen MR) is 482 cm³/mol. The Bertz CT molecular complexity index is 5230. The summed E-state index contributed by atoms with van der Waals surface area (Å²) >= 11 is 0. The lowest BCUT2D eigenvalue weighted by Gasteiger charge is -2.31. The van der Waals surface area contributed by atoms with Crippen molar-refractivity contribution in [1.29, 1.82) is 0 Å². The zero-order valence-electron chi connectivity index (χ0n) is 74.3. The van der Waals surface area contributed by atoms with Crippen molar-refractivity contribution in [3.8, 4) is 0 Å². The summed E-state index contributed by atoms with van der Waals surface area (Å²) in [7, 11) is -0.669. The Kier molecular flexibility index (Phi) is 37.0. The van der Waals surface area contributed by atoms with Gasteiger partial charge in [-0.25, -0.2) is 15.0 Å². The number of hydrogen-bond donors (Lipinski definition) is 17. The van der Waals surface area contributed by atoms with E-state index in [9.17, 15) is 56.4 Å². The summed E-state index contributed by atoms with van der Waals surface area (Å²) in [5.41, 5.74) is 4.72. The van der Waals surface area contributed by atoms with Crippen molar-refractivity contribution in [3.05, 3.63) is 181 Å². The molecule has 0 saturated carbocycles. The molecule has 8 aromatic rings. The molecule has 5 aromatic carbocycles. The Morgan fingerprint density at radius 1 is 0.512 bits per heavy atom. The molecule has 39 heteroatoms. The molecule has 17 N–H and O–H groups in total. The number of nitrogens with one attached hydrogen (secondary N) is 15. The van der Waals surface area contributed by atoms with Gasteiger partial charge in [0, 0.05) is 119 Å². The molecule has 0 aliphatic carbocycles. The fraction of sp³-hybridized carbons (Fsp3) is 0.456. The Morgan fingerprint density at radius 2 is 1.01 bits per heavy atom. The molecule has 1 aliphatic rings. The second-order valence-corrected chi connectivity index (χ2v) is 34.6. The fourth-order valence-corrected chi connectivity index (χ4v) is 15.4. The van der Waals surface area contributed by atoms with Gasteiger partial charge in [0.05, 0.1) is 53.5 Å². The average molecular weight is 1800 g/mol. The van der Waals surface area contributed by atoms with E-state index in [1.54, 1.807) is 127 Å². The summed E-state index contributed by atoms with van der Waals surface area (Å²) in [4.78, 5) is 199. The van der Waals surface area contributed by atoms with Crippen molar-refractivity contribution in [2.45, 2.75) is 204 Å². The maximum atomic E-state index is 15.2. The third-order valence-electron chi connectivity index (χ3n) is 22.3. The number of likely N-dealkylation sites (tertiary alicyclic amines) is 1. The molecule has 129 heavy (non-hydrogen) atoms. The third-order valence-corrected chi connectivity index (χ3v) is 23.2. The number of nitrogens with zero attached hydrogens (tertiary/aromatic N) is 7. The number of aromatic nitrogens is 6. The minimum atomic E-state index is -4.55. The second-order valence-electron chi connectivity index (χ2n) is 33.2. The molecule has 9 rings (SSSR count). The van der Waals surface area contributed by atoms with Crippen molar-refractivity contribution in [2.24, 2.45) is 33.9 Å². The van der Waals surface area contributed by atoms with E-state index in [1.807, 2.05) is 50.2 Å². The fourth-order valence-electron chi connectivity index (χ4n) is 14.7. The van der Waals surface area contributed by atoms with Gasteiger partial charge in [-0.05, 0) is 123 Å². The SMILES string of the molecule is CCC(C)C(NC(=O)CCCNC(=O)c1ccc(N=Nc2ccc(N(C)C)cc2)cc1)C(=O)NC(Cc1c[nH]cn1)C(=O)N1CCCC1C(=O)NC(Cc1ccccc1)C(=O)NC(Cc1c[nH]cn1)C(=O)NC(CC(C)C)C(=O)NC(C(=O)NC(C(=O)NC(Cc1c[nH]cn1)C(=O)NC(C(=O)NCCNc1cccc2c(S(=O)(=O)O)cccc12)C(C)O)C(C)CC)C(C)C. The lowest BCUT2D eigenvalue weighted by Crippen LogP contribution is -2.62. The van der Waals surface area contributed by atoms with Gasteiger partial charge in [-0.2, -0.15) is 18.6 Å². The van der Waals surface area contributed by atoms with Crippen LogP contribution >= 0.6 is 0 Å². The molecule has 4 heterocycles. The van der Waals surface area contributed by atoms with E-state index >= 15 is 19.2 Å². The quantitative estimate of drug-likeness (QED) is 0.0136. The number of hydrogen-bond acceptors (Lipinski definition) is 22. The van der Waals surface area contributed by atoms with Crippen LogP contribution in [-0.4, -0.2) is 231 Å². The number of carbonyl (C=O) groups excluding carboxylic acids is 12. The third kappa shape index (κ3) is 29.4. The molecular weight excluding hydrogens is 1680 g/mol. The molecule has 0 bridgehead atoms. The molecule has 1 fully saturated rings. The molecule has 1 saturated heterocycles. The van der Waals surface area contributed by atoms with Gasteiger partial charge in [-0.3, -0.25) is 62.1 Å². The summed E-state index contributed by atoms with van der Waals surface area (Å²) in [6.07, 6.45) is 7.94. The lowest BCUT2D eigenvalue weighted by molar-refractivity contribution is -0.142. The van der Waals surface area contributed by atoms with Gasteiger partial charge in [0.15, 0.2) is 0 Å². The van der Waals surface area contributed by atoms with Gasteiger partial charge in [-0.15, -0.1) is 0 Å². The average Bonchev–Trinajstić information content (AvgIpc) is 1.40. The zero-order chi connectivity index (χ0) is 93.6. The van der Waals surface area contributed by atoms with Crippen molar-refractivity contribution in [2.75, 3.05) is 50.5 Å². The normalized spacial score (nSPS) is 15.5. The first-order chi connectivity index (χ1) is 61.6. The van der Waals surface area contributed by atoms with Gasteiger partial charge < -0.3 is 93.7 Å². The Morgan fingerprint density at radius 3 is 1.55 bits per heavy atom. The van der Waals surface area contributed by atoms with Gasteiger partial charge in [0.25, 0.3) is 16.0 Å². The zero-order valence-corrected chi connectivity index (χ0v) is 75.2. The number of benzene rings is 5. The maximum absolute atomic E-state index is 15.2. The van der Waals surface area contributed by atoms with E-state index in [0.717, 1.165) is 5.69 Å². The van der Waals surface area contributed by atoms with Crippen LogP contribution in [0.3, 0.4) is 0 Å². The highest BCUT2D eigenvalue weighted by atomic mass is 32.2. The highest BCUT2D eigenvalue weighted by Crippen LogP contribution is 2.30. The lowest BCUT2D eigenvalue weighted by atomic mass is 9.95. The summed E-state index contributed by atoms with van der Waals surface area (Å²) in [6.45, 7) is 15.5. The van der Waals surface area contributed by atoms with Gasteiger partial charge in [0.2, 0.25) is 65.0 Å². The number of imidazole rings is 3. The van der Waals surface area contributed by atoms with Crippen LogP contribution in [0, 0.1) is 23.7 Å². The Balaban J connectivity index is 0.836. The van der Waals surface area contributed by atoms with Crippen LogP contribution in [0.2, 0.25) is 0 Å². The number of carbonyl (C=O) groups is 12. The highest BCUT2D eigenvalue weighted by Gasteiger charge is 2.43. The molecule has 12 amide bonds. The van der Waals surface area contributed by atoms with Crippen LogP contribution in [-0.2, 0) is 88.5 Å².